The Bertz CT molecular complexity index is 410. The van der Waals surface area contributed by atoms with Gasteiger partial charge in [-0.2, -0.15) is 0 Å². The fraction of sp³-hybridized carbons (Fsp3) is 0.467. The zero-order valence-corrected chi connectivity index (χ0v) is 10.6. The molecule has 0 saturated carbocycles. The number of methoxy groups -OCH3 is 1. The van der Waals surface area contributed by atoms with Gasteiger partial charge in [-0.1, -0.05) is 51.1 Å². The first-order valence-electron chi connectivity index (χ1n) is 5.84. The first kappa shape index (κ1) is 11.4. The number of hydrogen-bond acceptors (Lipinski definition) is 1. The summed E-state index contributed by atoms with van der Waals surface area (Å²) in [6.45, 7) is 7.58. The third kappa shape index (κ3) is 1.92. The Morgan fingerprint density at radius 1 is 1.25 bits per heavy atom. The minimum absolute atomic E-state index is 0.198. The number of fused-ring (bicyclic) bond motifs is 1. The van der Waals surface area contributed by atoms with Crippen LogP contribution in [0.3, 0.4) is 0 Å². The van der Waals surface area contributed by atoms with Crippen LogP contribution in [0.25, 0.3) is 6.08 Å². The van der Waals surface area contributed by atoms with Crippen molar-refractivity contribution in [2.75, 3.05) is 13.7 Å². The summed E-state index contributed by atoms with van der Waals surface area (Å²) >= 11 is 0. The summed E-state index contributed by atoms with van der Waals surface area (Å²) in [6, 6.07) is 6.59. The van der Waals surface area contributed by atoms with Crippen molar-refractivity contribution < 1.29 is 4.74 Å². The Labute approximate surface area is 98.1 Å². The first-order valence-corrected chi connectivity index (χ1v) is 5.84. The second-order valence-electron chi connectivity index (χ2n) is 5.48. The third-order valence-electron chi connectivity index (χ3n) is 3.17. The van der Waals surface area contributed by atoms with Crippen molar-refractivity contribution in [2.45, 2.75) is 32.1 Å². The van der Waals surface area contributed by atoms with Crippen molar-refractivity contribution in [3.8, 4) is 0 Å². The molecule has 0 amide bonds. The average Bonchev–Trinajstić information content (AvgIpc) is 2.61. The van der Waals surface area contributed by atoms with Gasteiger partial charge in [-0.15, -0.1) is 0 Å². The van der Waals surface area contributed by atoms with Crippen LogP contribution in [-0.4, -0.2) is 13.7 Å². The van der Waals surface area contributed by atoms with E-state index in [-0.39, 0.29) is 5.41 Å². The second kappa shape index (κ2) is 4.06. The van der Waals surface area contributed by atoms with Crippen molar-refractivity contribution in [3.63, 3.8) is 0 Å². The highest BCUT2D eigenvalue weighted by Crippen LogP contribution is 2.38. The average molecular weight is 216 g/mol. The molecular weight excluding hydrogens is 196 g/mol. The van der Waals surface area contributed by atoms with Gasteiger partial charge >= 0.3 is 0 Å². The van der Waals surface area contributed by atoms with E-state index in [1.54, 1.807) is 7.11 Å². The fourth-order valence-corrected chi connectivity index (χ4v) is 2.43. The maximum atomic E-state index is 5.30. The lowest BCUT2D eigenvalue weighted by Gasteiger charge is -2.25. The van der Waals surface area contributed by atoms with Gasteiger partial charge in [0.05, 0.1) is 6.61 Å². The topological polar surface area (TPSA) is 9.23 Å². The molecule has 16 heavy (non-hydrogen) atoms. The Morgan fingerprint density at radius 2 is 2.00 bits per heavy atom. The maximum Gasteiger partial charge on any atom is 0.0566 e. The molecule has 0 aromatic heterocycles. The molecule has 0 heterocycles. The molecule has 0 spiro atoms. The summed E-state index contributed by atoms with van der Waals surface area (Å²) in [5.74, 6) is 0.426. The van der Waals surface area contributed by atoms with Crippen LogP contribution in [0.1, 0.15) is 43.4 Å². The molecule has 0 fully saturated rings. The van der Waals surface area contributed by atoms with Gasteiger partial charge in [-0.3, -0.25) is 0 Å². The second-order valence-corrected chi connectivity index (χ2v) is 5.48. The highest BCUT2D eigenvalue weighted by molar-refractivity contribution is 5.65. The molecule has 86 valence electrons. The Balaban J connectivity index is 2.48. The molecule has 1 unspecified atom stereocenters. The highest BCUT2D eigenvalue weighted by atomic mass is 16.5. The van der Waals surface area contributed by atoms with Crippen LogP contribution >= 0.6 is 0 Å². The SMILES string of the molecule is COCC1C=Cc2cccc(C(C)(C)C)c21. The van der Waals surface area contributed by atoms with Crippen molar-refractivity contribution >= 4 is 6.08 Å². The molecule has 1 heteroatoms. The van der Waals surface area contributed by atoms with E-state index in [1.807, 2.05) is 0 Å². The van der Waals surface area contributed by atoms with Crippen LogP contribution in [0.5, 0.6) is 0 Å². The lowest BCUT2D eigenvalue weighted by atomic mass is 9.80. The Kier molecular flexibility index (Phi) is 2.90. The standard InChI is InChI=1S/C15H20O/c1-15(2,3)13-7-5-6-11-8-9-12(10-16-4)14(11)13/h5-9,12H,10H2,1-4H3. The largest absolute Gasteiger partial charge is 0.384 e. The van der Waals surface area contributed by atoms with Crippen LogP contribution < -0.4 is 0 Å². The molecule has 0 radical (unpaired) electrons. The van der Waals surface area contributed by atoms with Gasteiger partial charge in [-0.25, -0.2) is 0 Å². The van der Waals surface area contributed by atoms with Crippen molar-refractivity contribution in [2.24, 2.45) is 0 Å². The van der Waals surface area contributed by atoms with Gasteiger partial charge in [-0.05, 0) is 22.1 Å². The van der Waals surface area contributed by atoms with Crippen LogP contribution in [0, 0.1) is 0 Å². The number of benzene rings is 1. The lowest BCUT2D eigenvalue weighted by molar-refractivity contribution is 0.191. The van der Waals surface area contributed by atoms with Crippen LogP contribution in [-0.2, 0) is 10.2 Å². The monoisotopic (exact) mass is 216 g/mol. The van der Waals surface area contributed by atoms with Gasteiger partial charge in [0.15, 0.2) is 0 Å². The fourth-order valence-electron chi connectivity index (χ4n) is 2.43. The minimum atomic E-state index is 0.198. The van der Waals surface area contributed by atoms with E-state index in [9.17, 15) is 0 Å². The summed E-state index contributed by atoms with van der Waals surface area (Å²) in [6.07, 6.45) is 4.47. The van der Waals surface area contributed by atoms with Gasteiger partial charge in [0.1, 0.15) is 0 Å². The summed E-state index contributed by atoms with van der Waals surface area (Å²) in [5.41, 5.74) is 4.45. The molecule has 1 nitrogen and oxygen atoms in total. The Hall–Kier alpha value is -1.08. The molecule has 0 bridgehead atoms. The summed E-state index contributed by atoms with van der Waals surface area (Å²) in [5, 5.41) is 0. The van der Waals surface area contributed by atoms with E-state index in [2.05, 4.69) is 51.1 Å². The molecule has 1 aliphatic carbocycles. The summed E-state index contributed by atoms with van der Waals surface area (Å²) < 4.78 is 5.30. The predicted octanol–water partition coefficient (Wildman–Crippen LogP) is 3.74. The van der Waals surface area contributed by atoms with E-state index >= 15 is 0 Å². The van der Waals surface area contributed by atoms with E-state index in [1.165, 1.54) is 16.7 Å². The van der Waals surface area contributed by atoms with Gasteiger partial charge in [0, 0.05) is 13.0 Å². The zero-order chi connectivity index (χ0) is 11.8. The minimum Gasteiger partial charge on any atom is -0.384 e. The van der Waals surface area contributed by atoms with Crippen LogP contribution in [0.4, 0.5) is 0 Å². The molecule has 0 aliphatic heterocycles. The van der Waals surface area contributed by atoms with Crippen LogP contribution in [0.15, 0.2) is 24.3 Å². The van der Waals surface area contributed by atoms with Crippen molar-refractivity contribution in [1.29, 1.82) is 0 Å². The molecule has 2 rings (SSSR count). The van der Waals surface area contributed by atoms with Crippen LogP contribution in [0.2, 0.25) is 0 Å². The van der Waals surface area contributed by atoms with Gasteiger partial charge < -0.3 is 4.74 Å². The zero-order valence-electron chi connectivity index (χ0n) is 10.6. The number of ether oxygens (including phenoxy) is 1. The maximum absolute atomic E-state index is 5.30. The third-order valence-corrected chi connectivity index (χ3v) is 3.17. The molecule has 1 aliphatic rings. The normalized spacial score (nSPS) is 18.9. The number of hydrogen-bond donors (Lipinski definition) is 0. The van der Waals surface area contributed by atoms with E-state index in [0.29, 0.717) is 5.92 Å². The molecule has 1 aromatic carbocycles. The first-order chi connectivity index (χ1) is 7.54. The Morgan fingerprint density at radius 3 is 2.62 bits per heavy atom. The van der Waals surface area contributed by atoms with Crippen molar-refractivity contribution in [1.82, 2.24) is 0 Å². The molecular formula is C15H20O. The number of rotatable bonds is 2. The van der Waals surface area contributed by atoms with Gasteiger partial charge in [0.2, 0.25) is 0 Å². The molecule has 1 atom stereocenters. The summed E-state index contributed by atoms with van der Waals surface area (Å²) in [7, 11) is 1.77. The quantitative estimate of drug-likeness (QED) is 0.731. The summed E-state index contributed by atoms with van der Waals surface area (Å²) in [4.78, 5) is 0. The highest BCUT2D eigenvalue weighted by Gasteiger charge is 2.26. The van der Waals surface area contributed by atoms with E-state index in [4.69, 9.17) is 4.74 Å². The smallest absolute Gasteiger partial charge is 0.0566 e. The molecule has 0 saturated heterocycles. The predicted molar refractivity (Wildman–Crippen MR) is 68.8 cm³/mol. The van der Waals surface area contributed by atoms with E-state index < -0.39 is 0 Å². The van der Waals surface area contributed by atoms with Crippen molar-refractivity contribution in [3.05, 3.63) is 41.0 Å². The van der Waals surface area contributed by atoms with Gasteiger partial charge in [0.25, 0.3) is 0 Å². The lowest BCUT2D eigenvalue weighted by Crippen LogP contribution is -2.17. The van der Waals surface area contributed by atoms with E-state index in [0.717, 1.165) is 6.61 Å². The molecule has 1 aromatic rings. The molecule has 0 N–H and O–H groups in total.